The Bertz CT molecular complexity index is 555. The number of carbonyl (C=O) groups is 2. The highest BCUT2D eigenvalue weighted by atomic mass is 32.1. The highest BCUT2D eigenvalue weighted by Crippen LogP contribution is 2.23. The Hall–Kier alpha value is -1.43. The zero-order valence-corrected chi connectivity index (χ0v) is 14.7. The van der Waals surface area contributed by atoms with Crippen LogP contribution >= 0.6 is 11.3 Å². The maximum absolute atomic E-state index is 12.4. The van der Waals surface area contributed by atoms with Gasteiger partial charge in [0.1, 0.15) is 16.4 Å². The molecule has 0 saturated carbocycles. The van der Waals surface area contributed by atoms with Crippen LogP contribution in [0.25, 0.3) is 0 Å². The van der Waals surface area contributed by atoms with E-state index in [1.54, 1.807) is 16.2 Å². The van der Waals surface area contributed by atoms with Crippen LogP contribution in [0.5, 0.6) is 0 Å². The summed E-state index contributed by atoms with van der Waals surface area (Å²) < 4.78 is 5.35. The Morgan fingerprint density at radius 2 is 2.05 bits per heavy atom. The summed E-state index contributed by atoms with van der Waals surface area (Å²) in [5.74, 6) is 0.0665. The van der Waals surface area contributed by atoms with E-state index in [1.165, 1.54) is 0 Å². The van der Waals surface area contributed by atoms with Gasteiger partial charge in [-0.15, -0.1) is 11.3 Å². The van der Waals surface area contributed by atoms with E-state index in [0.717, 1.165) is 15.6 Å². The molecule has 22 heavy (non-hydrogen) atoms. The molecule has 122 valence electrons. The van der Waals surface area contributed by atoms with Crippen LogP contribution in [0.3, 0.4) is 0 Å². The van der Waals surface area contributed by atoms with E-state index in [1.807, 2.05) is 34.6 Å². The Morgan fingerprint density at radius 3 is 2.59 bits per heavy atom. The van der Waals surface area contributed by atoms with Crippen LogP contribution < -0.4 is 0 Å². The van der Waals surface area contributed by atoms with Crippen LogP contribution in [0.1, 0.15) is 42.8 Å². The van der Waals surface area contributed by atoms with Gasteiger partial charge in [-0.1, -0.05) is 0 Å². The predicted molar refractivity (Wildman–Crippen MR) is 86.2 cm³/mol. The molecule has 6 heteroatoms. The molecular formula is C16H24N2O3S. The summed E-state index contributed by atoms with van der Waals surface area (Å²) in [7, 11) is 0. The summed E-state index contributed by atoms with van der Waals surface area (Å²) in [5.41, 5.74) is 0.490. The summed E-state index contributed by atoms with van der Waals surface area (Å²) in [6.45, 7) is 10.5. The Labute approximate surface area is 135 Å². The van der Waals surface area contributed by atoms with Gasteiger partial charge in [0, 0.05) is 23.9 Å². The van der Waals surface area contributed by atoms with Gasteiger partial charge in [-0.05, 0) is 41.0 Å². The third-order valence-corrected chi connectivity index (χ3v) is 4.77. The smallest absolute Gasteiger partial charge is 0.410 e. The number of amides is 1. The van der Waals surface area contributed by atoms with Gasteiger partial charge in [0.25, 0.3) is 0 Å². The van der Waals surface area contributed by atoms with Gasteiger partial charge < -0.3 is 9.64 Å². The summed E-state index contributed by atoms with van der Waals surface area (Å²) in [6.07, 6.45) is 0.747. The largest absolute Gasteiger partial charge is 0.444 e. The van der Waals surface area contributed by atoms with Gasteiger partial charge >= 0.3 is 6.09 Å². The van der Waals surface area contributed by atoms with Crippen molar-refractivity contribution in [2.24, 2.45) is 5.92 Å². The number of carbonyl (C=O) groups excluding carboxylic acids is 2. The second kappa shape index (κ2) is 6.36. The van der Waals surface area contributed by atoms with E-state index in [9.17, 15) is 9.59 Å². The lowest BCUT2D eigenvalue weighted by molar-refractivity contribution is -0.121. The molecule has 1 aliphatic heterocycles. The summed E-state index contributed by atoms with van der Waals surface area (Å²) in [6, 6.07) is 0. The first-order valence-electron chi connectivity index (χ1n) is 7.59. The van der Waals surface area contributed by atoms with E-state index in [-0.39, 0.29) is 17.8 Å². The molecule has 1 atom stereocenters. The number of ether oxygens (including phenoxy) is 1. The second-order valence-electron chi connectivity index (χ2n) is 6.80. The SMILES string of the molecule is Cc1nc(CC(=O)C2CCN(C(=O)OC(C)(C)C)C2)sc1C. The molecule has 1 aromatic heterocycles. The van der Waals surface area contributed by atoms with Gasteiger partial charge in [0.2, 0.25) is 0 Å². The molecule has 5 nitrogen and oxygen atoms in total. The van der Waals surface area contributed by atoms with Crippen molar-refractivity contribution in [1.29, 1.82) is 0 Å². The Kier molecular flexibility index (Phi) is 4.90. The molecule has 0 radical (unpaired) electrons. The van der Waals surface area contributed by atoms with E-state index < -0.39 is 5.60 Å². The van der Waals surface area contributed by atoms with Gasteiger partial charge in [0.05, 0.1) is 12.1 Å². The lowest BCUT2D eigenvalue weighted by Crippen LogP contribution is -2.36. The number of nitrogens with zero attached hydrogens (tertiary/aromatic N) is 2. The van der Waals surface area contributed by atoms with Crippen molar-refractivity contribution >= 4 is 23.2 Å². The maximum atomic E-state index is 12.4. The average Bonchev–Trinajstić information content (AvgIpc) is 2.95. The number of aryl methyl sites for hydroxylation is 2. The van der Waals surface area contributed by atoms with E-state index in [2.05, 4.69) is 4.98 Å². The van der Waals surface area contributed by atoms with Crippen LogP contribution in [0.15, 0.2) is 0 Å². The molecule has 1 aliphatic rings. The molecule has 1 unspecified atom stereocenters. The van der Waals surface area contributed by atoms with Crippen molar-refractivity contribution in [3.05, 3.63) is 15.6 Å². The average molecular weight is 324 g/mol. The molecule has 0 aliphatic carbocycles. The first-order chi connectivity index (χ1) is 10.2. The quantitative estimate of drug-likeness (QED) is 0.857. The van der Waals surface area contributed by atoms with Gasteiger partial charge in [0.15, 0.2) is 0 Å². The van der Waals surface area contributed by atoms with Crippen molar-refractivity contribution in [1.82, 2.24) is 9.88 Å². The molecule has 2 rings (SSSR count). The summed E-state index contributed by atoms with van der Waals surface area (Å²) in [5, 5.41) is 0.871. The predicted octanol–water partition coefficient (Wildman–Crippen LogP) is 3.13. The van der Waals surface area contributed by atoms with Crippen LogP contribution in [0, 0.1) is 19.8 Å². The number of hydrogen-bond acceptors (Lipinski definition) is 5. The lowest BCUT2D eigenvalue weighted by atomic mass is 10.0. The van der Waals surface area contributed by atoms with Crippen LogP contribution in [-0.2, 0) is 16.0 Å². The first-order valence-corrected chi connectivity index (χ1v) is 8.41. The van der Waals surface area contributed by atoms with Crippen molar-refractivity contribution in [3.63, 3.8) is 0 Å². The van der Waals surface area contributed by atoms with Gasteiger partial charge in [-0.25, -0.2) is 9.78 Å². The fourth-order valence-corrected chi connectivity index (χ4v) is 3.37. The van der Waals surface area contributed by atoms with Gasteiger partial charge in [-0.3, -0.25) is 4.79 Å². The lowest BCUT2D eigenvalue weighted by Gasteiger charge is -2.24. The third-order valence-electron chi connectivity index (χ3n) is 3.69. The second-order valence-corrected chi connectivity index (χ2v) is 8.09. The fourth-order valence-electron chi connectivity index (χ4n) is 2.42. The van der Waals surface area contributed by atoms with E-state index >= 15 is 0 Å². The molecule has 2 heterocycles. The molecule has 1 saturated heterocycles. The van der Waals surface area contributed by atoms with Crippen LogP contribution in [-0.4, -0.2) is 40.5 Å². The monoisotopic (exact) mass is 324 g/mol. The Balaban J connectivity index is 1.89. The highest BCUT2D eigenvalue weighted by Gasteiger charge is 2.33. The molecule has 0 aromatic carbocycles. The number of aromatic nitrogens is 1. The molecule has 0 bridgehead atoms. The topological polar surface area (TPSA) is 59.5 Å². The number of hydrogen-bond donors (Lipinski definition) is 0. The number of likely N-dealkylation sites (tertiary alicyclic amines) is 1. The van der Waals surface area contributed by atoms with Crippen molar-refractivity contribution in [2.45, 2.75) is 53.1 Å². The number of thiazole rings is 1. The third kappa shape index (κ3) is 4.29. The van der Waals surface area contributed by atoms with Crippen molar-refractivity contribution in [3.8, 4) is 0 Å². The maximum Gasteiger partial charge on any atom is 0.410 e. The fraction of sp³-hybridized carbons (Fsp3) is 0.688. The van der Waals surface area contributed by atoms with Gasteiger partial charge in [-0.2, -0.15) is 0 Å². The molecule has 1 amide bonds. The molecule has 1 fully saturated rings. The summed E-state index contributed by atoms with van der Waals surface area (Å²) >= 11 is 1.58. The summed E-state index contributed by atoms with van der Waals surface area (Å²) in [4.78, 5) is 31.6. The standard InChI is InChI=1S/C16H24N2O3S/c1-10-11(2)22-14(17-10)8-13(19)12-6-7-18(9-12)15(20)21-16(3,4)5/h12H,6-9H2,1-5H3. The first kappa shape index (κ1) is 16.9. The van der Waals surface area contributed by atoms with Crippen molar-refractivity contribution < 1.29 is 14.3 Å². The number of Topliss-reactive ketones (excluding diaryl/α,β-unsaturated/α-hetero) is 1. The van der Waals surface area contributed by atoms with Crippen LogP contribution in [0.4, 0.5) is 4.79 Å². The zero-order valence-electron chi connectivity index (χ0n) is 13.9. The van der Waals surface area contributed by atoms with Crippen molar-refractivity contribution in [2.75, 3.05) is 13.1 Å². The number of ketones is 1. The van der Waals surface area contributed by atoms with E-state index in [4.69, 9.17) is 4.74 Å². The normalized spacial score (nSPS) is 18.6. The minimum atomic E-state index is -0.505. The minimum Gasteiger partial charge on any atom is -0.444 e. The minimum absolute atomic E-state index is 0.1000. The van der Waals surface area contributed by atoms with Crippen LogP contribution in [0.2, 0.25) is 0 Å². The molecule has 0 spiro atoms. The molecule has 1 aromatic rings. The molecule has 0 N–H and O–H groups in total. The van der Waals surface area contributed by atoms with E-state index in [0.29, 0.717) is 25.9 Å². The Morgan fingerprint density at radius 1 is 1.36 bits per heavy atom. The number of rotatable bonds is 3. The molecular weight excluding hydrogens is 300 g/mol. The zero-order chi connectivity index (χ0) is 16.5. The highest BCUT2D eigenvalue weighted by molar-refractivity contribution is 7.11.